The van der Waals surface area contributed by atoms with Crippen molar-refractivity contribution in [2.45, 2.75) is 5.41 Å². The number of hydrogen-bond donors (Lipinski definition) is 0. The number of benzene rings is 10. The summed E-state index contributed by atoms with van der Waals surface area (Å²) in [5.41, 5.74) is 16.5. The van der Waals surface area contributed by atoms with Crippen molar-refractivity contribution in [2.24, 2.45) is 0 Å². The first-order valence-corrected chi connectivity index (χ1v) is 21.2. The Morgan fingerprint density at radius 1 is 0.355 bits per heavy atom. The highest BCUT2D eigenvalue weighted by molar-refractivity contribution is 6.06. The molecule has 1 unspecified atom stereocenters. The SMILES string of the molecule is c1ccc(-c2ccc(N(c3ccc(-c4cccc5c4-c4ccccc4C54c5ccccc5Oc5c4ccc4ccccc54)cc3)c3ccc4c(c3)oc3ccccc34)cc2)cc1. The van der Waals surface area contributed by atoms with Crippen molar-refractivity contribution in [3.05, 3.63) is 247 Å². The van der Waals surface area contributed by atoms with E-state index in [1.807, 2.05) is 12.1 Å². The van der Waals surface area contributed by atoms with Crippen LogP contribution in [0.5, 0.6) is 11.5 Å². The van der Waals surface area contributed by atoms with E-state index in [2.05, 4.69) is 217 Å². The third kappa shape index (κ3) is 5.00. The number of para-hydroxylation sites is 2. The Bertz CT molecular complexity index is 3550. The number of ether oxygens (including phenoxy) is 1. The van der Waals surface area contributed by atoms with E-state index in [4.69, 9.17) is 9.15 Å². The normalized spacial score (nSPS) is 14.6. The first-order valence-electron chi connectivity index (χ1n) is 21.2. The summed E-state index contributed by atoms with van der Waals surface area (Å²) in [5.74, 6) is 1.82. The molecule has 3 nitrogen and oxygen atoms in total. The summed E-state index contributed by atoms with van der Waals surface area (Å²) >= 11 is 0. The van der Waals surface area contributed by atoms with Crippen LogP contribution in [-0.4, -0.2) is 0 Å². The monoisotopic (exact) mass is 791 g/mol. The van der Waals surface area contributed by atoms with E-state index in [1.165, 1.54) is 49.9 Å². The summed E-state index contributed by atoms with van der Waals surface area (Å²) in [7, 11) is 0. The van der Waals surface area contributed by atoms with Gasteiger partial charge in [0.25, 0.3) is 0 Å². The fourth-order valence-corrected chi connectivity index (χ4v) is 10.4. The van der Waals surface area contributed by atoms with Gasteiger partial charge in [0, 0.05) is 50.4 Å². The molecule has 1 aliphatic heterocycles. The summed E-state index contributed by atoms with van der Waals surface area (Å²) in [4.78, 5) is 2.32. The van der Waals surface area contributed by atoms with Crippen LogP contribution < -0.4 is 9.64 Å². The van der Waals surface area contributed by atoms with E-state index >= 15 is 0 Å². The number of furan rings is 1. The van der Waals surface area contributed by atoms with Crippen molar-refractivity contribution < 1.29 is 9.15 Å². The predicted octanol–water partition coefficient (Wildman–Crippen LogP) is 16.0. The number of nitrogens with zero attached hydrogens (tertiary/aromatic N) is 1. The molecule has 0 radical (unpaired) electrons. The van der Waals surface area contributed by atoms with E-state index in [0.717, 1.165) is 67.0 Å². The molecule has 11 aromatic rings. The zero-order valence-corrected chi connectivity index (χ0v) is 33.6. The summed E-state index contributed by atoms with van der Waals surface area (Å²) in [6, 6.07) is 80.8. The molecule has 0 fully saturated rings. The van der Waals surface area contributed by atoms with Crippen molar-refractivity contribution >= 4 is 49.8 Å². The Balaban J connectivity index is 0.975. The van der Waals surface area contributed by atoms with Crippen molar-refractivity contribution in [3.8, 4) is 44.9 Å². The van der Waals surface area contributed by atoms with Crippen LogP contribution in [0.1, 0.15) is 22.3 Å². The average molecular weight is 792 g/mol. The second-order valence-electron chi connectivity index (χ2n) is 16.4. The average Bonchev–Trinajstić information content (AvgIpc) is 3.86. The number of rotatable bonds is 5. The van der Waals surface area contributed by atoms with Gasteiger partial charge in [-0.15, -0.1) is 0 Å². The highest BCUT2D eigenvalue weighted by Crippen LogP contribution is 2.64. The van der Waals surface area contributed by atoms with Gasteiger partial charge in [-0.1, -0.05) is 170 Å². The quantitative estimate of drug-likeness (QED) is 0.174. The van der Waals surface area contributed by atoms with Crippen LogP contribution in [0.4, 0.5) is 17.1 Å². The Kier molecular flexibility index (Phi) is 7.52. The van der Waals surface area contributed by atoms with Gasteiger partial charge in [0.2, 0.25) is 0 Å². The van der Waals surface area contributed by atoms with Gasteiger partial charge in [0.1, 0.15) is 22.7 Å². The van der Waals surface area contributed by atoms with E-state index in [0.29, 0.717) is 0 Å². The van der Waals surface area contributed by atoms with Gasteiger partial charge in [0.05, 0.1) is 5.41 Å². The molecule has 1 spiro atoms. The smallest absolute Gasteiger partial charge is 0.140 e. The number of hydrogen-bond acceptors (Lipinski definition) is 3. The van der Waals surface area contributed by atoms with Gasteiger partial charge < -0.3 is 14.1 Å². The molecule has 2 aliphatic rings. The predicted molar refractivity (Wildman–Crippen MR) is 254 cm³/mol. The summed E-state index contributed by atoms with van der Waals surface area (Å²) in [6.45, 7) is 0. The van der Waals surface area contributed by atoms with E-state index in [-0.39, 0.29) is 0 Å². The van der Waals surface area contributed by atoms with E-state index in [1.54, 1.807) is 0 Å². The Hall–Kier alpha value is -8.14. The molecule has 290 valence electrons. The zero-order valence-electron chi connectivity index (χ0n) is 33.6. The third-order valence-electron chi connectivity index (χ3n) is 13.1. The Morgan fingerprint density at radius 3 is 1.81 bits per heavy atom. The number of fused-ring (bicyclic) bond motifs is 14. The highest BCUT2D eigenvalue weighted by Gasteiger charge is 2.51. The minimum atomic E-state index is -0.561. The lowest BCUT2D eigenvalue weighted by atomic mass is 9.65. The Morgan fingerprint density at radius 2 is 0.968 bits per heavy atom. The summed E-state index contributed by atoms with van der Waals surface area (Å²) in [5, 5.41) is 4.52. The minimum absolute atomic E-state index is 0.561. The maximum atomic E-state index is 6.89. The molecule has 0 saturated carbocycles. The standard InChI is InChI=1S/C59H37NO2/c1-2-13-38(14-3-1)39-25-30-42(31-26-39)60(44-34-35-48-47-17-7-10-23-54(47)61-56(48)37-44)43-32-27-41(28-33-43)45-19-12-22-52-57(45)49-18-6-8-20-50(49)59(52)51-21-9-11-24-55(51)62-58-46-16-5-4-15-40(46)29-36-53(58)59/h1-37H. The van der Waals surface area contributed by atoms with Crippen molar-refractivity contribution in [2.75, 3.05) is 4.90 Å². The molecule has 3 heteroatoms. The molecular weight excluding hydrogens is 755 g/mol. The third-order valence-corrected chi connectivity index (χ3v) is 13.1. The fraction of sp³-hybridized carbons (Fsp3) is 0.0169. The van der Waals surface area contributed by atoms with Gasteiger partial charge in [-0.2, -0.15) is 0 Å². The lowest BCUT2D eigenvalue weighted by Crippen LogP contribution is -2.32. The molecule has 1 aliphatic carbocycles. The van der Waals surface area contributed by atoms with Crippen LogP contribution in [0.25, 0.3) is 66.1 Å². The zero-order chi connectivity index (χ0) is 40.8. The van der Waals surface area contributed by atoms with Gasteiger partial charge >= 0.3 is 0 Å². The molecule has 13 rings (SSSR count). The molecule has 0 amide bonds. The summed E-state index contributed by atoms with van der Waals surface area (Å²) < 4.78 is 13.3. The van der Waals surface area contributed by atoms with Crippen LogP contribution in [0.3, 0.4) is 0 Å². The molecule has 0 bridgehead atoms. The number of anilines is 3. The van der Waals surface area contributed by atoms with Gasteiger partial charge in [-0.25, -0.2) is 0 Å². The van der Waals surface area contributed by atoms with Crippen LogP contribution in [-0.2, 0) is 5.41 Å². The molecule has 1 atom stereocenters. The topological polar surface area (TPSA) is 25.6 Å². The first kappa shape index (κ1) is 34.7. The molecule has 10 aromatic carbocycles. The lowest BCUT2D eigenvalue weighted by Gasteiger charge is -2.39. The second-order valence-corrected chi connectivity index (χ2v) is 16.4. The van der Waals surface area contributed by atoms with Crippen LogP contribution in [0.2, 0.25) is 0 Å². The second kappa shape index (κ2) is 13.4. The van der Waals surface area contributed by atoms with Gasteiger partial charge in [-0.05, 0) is 98.4 Å². The maximum Gasteiger partial charge on any atom is 0.140 e. The fourth-order valence-electron chi connectivity index (χ4n) is 10.4. The van der Waals surface area contributed by atoms with Crippen LogP contribution in [0.15, 0.2) is 229 Å². The van der Waals surface area contributed by atoms with E-state index < -0.39 is 5.41 Å². The van der Waals surface area contributed by atoms with Gasteiger partial charge in [0.15, 0.2) is 0 Å². The Labute approximate surface area is 359 Å². The minimum Gasteiger partial charge on any atom is -0.456 e. The molecule has 0 saturated heterocycles. The van der Waals surface area contributed by atoms with Crippen LogP contribution >= 0.6 is 0 Å². The molecule has 62 heavy (non-hydrogen) atoms. The van der Waals surface area contributed by atoms with E-state index in [9.17, 15) is 0 Å². The first-order chi connectivity index (χ1) is 30.7. The molecule has 2 heterocycles. The van der Waals surface area contributed by atoms with Crippen molar-refractivity contribution in [1.29, 1.82) is 0 Å². The van der Waals surface area contributed by atoms with Crippen molar-refractivity contribution in [3.63, 3.8) is 0 Å². The molecule has 0 N–H and O–H groups in total. The van der Waals surface area contributed by atoms with Crippen LogP contribution in [0, 0.1) is 0 Å². The maximum absolute atomic E-state index is 6.89. The lowest BCUT2D eigenvalue weighted by molar-refractivity contribution is 0.441. The van der Waals surface area contributed by atoms with Gasteiger partial charge in [-0.3, -0.25) is 0 Å². The summed E-state index contributed by atoms with van der Waals surface area (Å²) in [6.07, 6.45) is 0. The molecule has 1 aromatic heterocycles. The van der Waals surface area contributed by atoms with Crippen molar-refractivity contribution in [1.82, 2.24) is 0 Å². The largest absolute Gasteiger partial charge is 0.456 e. The highest BCUT2D eigenvalue weighted by atomic mass is 16.5. The molecular formula is C59H37NO2.